The third-order valence-electron chi connectivity index (χ3n) is 3.76. The molecule has 0 N–H and O–H groups in total. The molecule has 8 heteroatoms. The summed E-state index contributed by atoms with van der Waals surface area (Å²) in [5.74, 6) is 1.58. The van der Waals surface area contributed by atoms with Crippen LogP contribution in [0.4, 0.5) is 0 Å². The van der Waals surface area contributed by atoms with E-state index in [0.29, 0.717) is 0 Å². The molecule has 0 heterocycles. The Hall–Kier alpha value is -0.408. The van der Waals surface area contributed by atoms with Crippen LogP contribution in [0.3, 0.4) is 0 Å². The number of hydrogen-bond acceptors (Lipinski definition) is 4. The van der Waals surface area contributed by atoms with E-state index in [9.17, 15) is 0 Å². The van der Waals surface area contributed by atoms with Gasteiger partial charge in [0.2, 0.25) is 0 Å². The van der Waals surface area contributed by atoms with Gasteiger partial charge in [-0.05, 0) is 42.9 Å². The third-order valence-corrected chi connectivity index (χ3v) is 4.51. The molecule has 1 unspecified atom stereocenters. The van der Waals surface area contributed by atoms with E-state index in [4.69, 9.17) is 23.4 Å². The maximum atomic E-state index is 7.50. The van der Waals surface area contributed by atoms with Gasteiger partial charge in [0.25, 0.3) is 0 Å². The summed E-state index contributed by atoms with van der Waals surface area (Å²) >= 11 is 3.49. The zero-order valence-electron chi connectivity index (χ0n) is 15.5. The van der Waals surface area contributed by atoms with E-state index in [1.165, 1.54) is 11.1 Å². The molecule has 0 bridgehead atoms. The molecule has 142 valence electrons. The van der Waals surface area contributed by atoms with Crippen molar-refractivity contribution in [2.45, 2.75) is 31.3 Å². The van der Waals surface area contributed by atoms with Gasteiger partial charge in [-0.1, -0.05) is 24.3 Å². The Labute approximate surface area is 181 Å². The fourth-order valence-corrected chi connectivity index (χ4v) is 3.40. The minimum atomic E-state index is -0.0287. The summed E-state index contributed by atoms with van der Waals surface area (Å²) in [7, 11) is 0. The number of benzene rings is 1. The van der Waals surface area contributed by atoms with Crippen LogP contribution < -0.4 is 0 Å². The van der Waals surface area contributed by atoms with Crippen LogP contribution in [-0.2, 0) is 52.8 Å². The summed E-state index contributed by atoms with van der Waals surface area (Å²) in [6.45, 7) is 14.4. The van der Waals surface area contributed by atoms with Crippen molar-refractivity contribution < 1.29 is 40.8 Å². The van der Waals surface area contributed by atoms with Crippen LogP contribution in [0.5, 0.6) is 0 Å². The summed E-state index contributed by atoms with van der Waals surface area (Å²) in [5, 5.41) is 0. The number of ether oxygens (including phenoxy) is 2. The predicted molar refractivity (Wildman–Crippen MR) is 101 cm³/mol. The quantitative estimate of drug-likeness (QED) is 0.233. The summed E-state index contributed by atoms with van der Waals surface area (Å²) in [4.78, 5) is 0. The van der Waals surface area contributed by atoms with Crippen LogP contribution in [-0.4, -0.2) is 31.0 Å². The molecular weight excluding hydrogens is 424 g/mol. The van der Waals surface area contributed by atoms with Gasteiger partial charge in [0.05, 0.1) is 17.5 Å². The van der Waals surface area contributed by atoms with Gasteiger partial charge < -0.3 is 9.47 Å². The minimum absolute atomic E-state index is 0. The SMILES string of the molecule is CSCOCCCCC1(OCSC)Cc2ccccc21.[C-]#[O+].[C-]#[O+].[C-]#[O+].[Cr+6]. The average Bonchev–Trinajstić information content (AvgIpc) is 2.71. The van der Waals surface area contributed by atoms with Gasteiger partial charge in [0.1, 0.15) is 0 Å². The Morgan fingerprint density at radius 2 is 1.56 bits per heavy atom. The molecule has 0 fully saturated rings. The second-order valence-corrected chi connectivity index (χ2v) is 6.78. The first-order valence-electron chi connectivity index (χ1n) is 7.71. The van der Waals surface area contributed by atoms with Crippen molar-refractivity contribution in [1.82, 2.24) is 0 Å². The second-order valence-electron chi connectivity index (χ2n) is 5.15. The normalized spacial score (nSPS) is 15.4. The molecule has 1 aliphatic carbocycles. The first kappa shape index (κ1) is 31.3. The summed E-state index contributed by atoms with van der Waals surface area (Å²) in [5.41, 5.74) is 2.82. The molecule has 0 spiro atoms. The number of thioether (sulfide) groups is 2. The van der Waals surface area contributed by atoms with Gasteiger partial charge in [-0.3, -0.25) is 0 Å². The first-order chi connectivity index (χ1) is 12.8. The topological polar surface area (TPSA) is 78.2 Å². The second kappa shape index (κ2) is 21.9. The van der Waals surface area contributed by atoms with E-state index >= 15 is 0 Å². The van der Waals surface area contributed by atoms with E-state index in [1.54, 1.807) is 23.5 Å². The van der Waals surface area contributed by atoms with Gasteiger partial charge in [-0.15, -0.1) is 23.5 Å². The van der Waals surface area contributed by atoms with Gasteiger partial charge >= 0.3 is 51.3 Å². The fourth-order valence-electron chi connectivity index (χ4n) is 2.77. The smallest absolute Gasteiger partial charge is 6.00 e. The maximum Gasteiger partial charge on any atom is 6.00 e. The summed E-state index contributed by atoms with van der Waals surface area (Å²) in [6, 6.07) is 8.69. The fraction of sp³-hybridized carbons (Fsp3) is 0.526. The minimum Gasteiger partial charge on any atom is 6.00 e. The molecule has 0 radical (unpaired) electrons. The first-order valence-corrected chi connectivity index (χ1v) is 10.5. The molecule has 1 atom stereocenters. The molecule has 1 aliphatic rings. The van der Waals surface area contributed by atoms with Crippen LogP contribution in [0.15, 0.2) is 24.3 Å². The Balaban J connectivity index is -0.000000749. The molecule has 0 aromatic heterocycles. The molecular formula is C19H24CrO5S2+6. The molecule has 1 aromatic carbocycles. The third kappa shape index (κ3) is 11.2. The Morgan fingerprint density at radius 1 is 0.963 bits per heavy atom. The molecule has 27 heavy (non-hydrogen) atoms. The van der Waals surface area contributed by atoms with Crippen LogP contribution in [0.25, 0.3) is 0 Å². The van der Waals surface area contributed by atoms with E-state index in [-0.39, 0.29) is 23.0 Å². The van der Waals surface area contributed by atoms with Gasteiger partial charge in [-0.2, -0.15) is 0 Å². The van der Waals surface area contributed by atoms with Crippen LogP contribution in [0.1, 0.15) is 30.4 Å². The van der Waals surface area contributed by atoms with E-state index in [0.717, 1.165) is 44.2 Å². The molecule has 0 amide bonds. The zero-order valence-corrected chi connectivity index (χ0v) is 18.4. The standard InChI is InChI=1S/C16H24O2S2.3CO.Cr/c1-19-12-17-10-6-5-9-16(18-13-20-2)11-14-7-3-4-8-15(14)16;3*1-2;/h3-4,7-8H,5-6,9-13H2,1-2H3;;;;/q;;;;+6. The van der Waals surface area contributed by atoms with Crippen molar-refractivity contribution in [3.05, 3.63) is 55.3 Å². The Bertz CT molecular complexity index is 522. The average molecular weight is 449 g/mol. The molecule has 0 saturated heterocycles. The van der Waals surface area contributed by atoms with Crippen molar-refractivity contribution in [1.29, 1.82) is 0 Å². The zero-order chi connectivity index (χ0) is 20.3. The largest absolute Gasteiger partial charge is 6.00 e. The molecule has 0 aliphatic heterocycles. The van der Waals surface area contributed by atoms with Crippen LogP contribution in [0, 0.1) is 20.0 Å². The van der Waals surface area contributed by atoms with E-state index in [2.05, 4.69) is 56.7 Å². The molecule has 1 aromatic rings. The van der Waals surface area contributed by atoms with Crippen LogP contribution in [0.2, 0.25) is 0 Å². The number of fused-ring (bicyclic) bond motifs is 1. The van der Waals surface area contributed by atoms with Gasteiger partial charge in [0, 0.05) is 13.0 Å². The number of hydrogen-bond donors (Lipinski definition) is 0. The summed E-state index contributed by atoms with van der Waals surface area (Å²) < 4.78 is 34.2. The Kier molecular flexibility index (Phi) is 25.4. The molecule has 2 rings (SSSR count). The number of rotatable bonds is 10. The van der Waals surface area contributed by atoms with Gasteiger partial charge in [-0.25, -0.2) is 0 Å². The van der Waals surface area contributed by atoms with Crippen molar-refractivity contribution in [2.24, 2.45) is 0 Å². The monoisotopic (exact) mass is 448 g/mol. The predicted octanol–water partition coefficient (Wildman–Crippen LogP) is 4.17. The van der Waals surface area contributed by atoms with Crippen molar-refractivity contribution in [2.75, 3.05) is 31.0 Å². The van der Waals surface area contributed by atoms with Crippen molar-refractivity contribution in [3.63, 3.8) is 0 Å². The summed E-state index contributed by atoms with van der Waals surface area (Å²) in [6.07, 6.45) is 8.61. The molecule has 0 saturated carbocycles. The number of unbranched alkanes of at least 4 members (excludes halogenated alkanes) is 1. The van der Waals surface area contributed by atoms with E-state index in [1.807, 2.05) is 0 Å². The Morgan fingerprint density at radius 3 is 2.11 bits per heavy atom. The van der Waals surface area contributed by atoms with Crippen molar-refractivity contribution >= 4 is 23.5 Å². The maximum absolute atomic E-state index is 7.50. The van der Waals surface area contributed by atoms with E-state index < -0.39 is 0 Å². The van der Waals surface area contributed by atoms with Crippen molar-refractivity contribution in [3.8, 4) is 0 Å². The van der Waals surface area contributed by atoms with Crippen LogP contribution >= 0.6 is 23.5 Å². The molecule has 5 nitrogen and oxygen atoms in total. The van der Waals surface area contributed by atoms with Gasteiger partial charge in [0.15, 0.2) is 0 Å².